The zero-order valence-electron chi connectivity index (χ0n) is 12.4. The van der Waals surface area contributed by atoms with Crippen molar-refractivity contribution in [3.63, 3.8) is 0 Å². The van der Waals surface area contributed by atoms with Crippen LogP contribution in [0.1, 0.15) is 29.6 Å². The van der Waals surface area contributed by atoms with Gasteiger partial charge in [-0.1, -0.05) is 0 Å². The lowest BCUT2D eigenvalue weighted by molar-refractivity contribution is -0.117. The molecular weight excluding hydrogens is 282 g/mol. The van der Waals surface area contributed by atoms with Crippen LogP contribution in [0.15, 0.2) is 24.3 Å². The first-order valence-electron chi connectivity index (χ1n) is 7.75. The van der Waals surface area contributed by atoms with E-state index >= 15 is 0 Å². The first kappa shape index (κ1) is 15.0. The van der Waals surface area contributed by atoms with E-state index in [1.807, 2.05) is 4.90 Å². The Morgan fingerprint density at radius 3 is 2.45 bits per heavy atom. The second-order valence-electron chi connectivity index (χ2n) is 5.92. The summed E-state index contributed by atoms with van der Waals surface area (Å²) in [4.78, 5) is 26.1. The Bertz CT molecular complexity index is 552. The van der Waals surface area contributed by atoms with Crippen molar-refractivity contribution >= 4 is 17.5 Å². The van der Waals surface area contributed by atoms with Crippen molar-refractivity contribution in [1.82, 2.24) is 10.2 Å². The Kier molecular flexibility index (Phi) is 4.40. The Balaban J connectivity index is 1.59. The number of aliphatic hydroxyl groups is 1. The van der Waals surface area contributed by atoms with E-state index in [0.717, 1.165) is 25.9 Å². The van der Waals surface area contributed by atoms with Gasteiger partial charge in [0, 0.05) is 30.9 Å². The molecule has 0 aromatic heterocycles. The summed E-state index contributed by atoms with van der Waals surface area (Å²) in [5.41, 5.74) is 1.31. The van der Waals surface area contributed by atoms with Gasteiger partial charge < -0.3 is 20.6 Å². The van der Waals surface area contributed by atoms with Crippen molar-refractivity contribution in [2.45, 2.75) is 31.4 Å². The van der Waals surface area contributed by atoms with Gasteiger partial charge in [-0.3, -0.25) is 9.59 Å². The van der Waals surface area contributed by atoms with Gasteiger partial charge in [-0.2, -0.15) is 0 Å². The quantitative estimate of drug-likeness (QED) is 0.763. The fraction of sp³-hybridized carbons (Fsp3) is 0.500. The smallest absolute Gasteiger partial charge is 0.253 e. The number of carbonyl (C=O) groups is 2. The Labute approximate surface area is 129 Å². The lowest BCUT2D eigenvalue weighted by Gasteiger charge is -2.15. The van der Waals surface area contributed by atoms with Crippen LogP contribution in [0, 0.1) is 0 Å². The van der Waals surface area contributed by atoms with Crippen molar-refractivity contribution in [1.29, 1.82) is 0 Å². The van der Waals surface area contributed by atoms with E-state index in [0.29, 0.717) is 24.2 Å². The first-order valence-corrected chi connectivity index (χ1v) is 7.75. The Morgan fingerprint density at radius 1 is 1.18 bits per heavy atom. The average Bonchev–Trinajstić information content (AvgIpc) is 3.18. The predicted octanol–water partition coefficient (Wildman–Crippen LogP) is 0.584. The van der Waals surface area contributed by atoms with Gasteiger partial charge in [0.15, 0.2) is 0 Å². The van der Waals surface area contributed by atoms with Gasteiger partial charge in [0.05, 0.1) is 12.1 Å². The highest BCUT2D eigenvalue weighted by atomic mass is 16.3. The Hall–Kier alpha value is -1.92. The topological polar surface area (TPSA) is 81.7 Å². The molecule has 2 aliphatic rings. The molecule has 0 bridgehead atoms. The second-order valence-corrected chi connectivity index (χ2v) is 5.92. The summed E-state index contributed by atoms with van der Waals surface area (Å²) >= 11 is 0. The molecule has 0 spiro atoms. The number of amides is 2. The molecule has 2 amide bonds. The number of rotatable bonds is 3. The lowest BCUT2D eigenvalue weighted by atomic mass is 10.1. The predicted molar refractivity (Wildman–Crippen MR) is 82.6 cm³/mol. The minimum absolute atomic E-state index is 0.0518. The van der Waals surface area contributed by atoms with E-state index < -0.39 is 6.10 Å². The van der Waals surface area contributed by atoms with E-state index in [-0.39, 0.29) is 17.9 Å². The normalized spacial score (nSPS) is 24.5. The minimum Gasteiger partial charge on any atom is -0.392 e. The molecule has 2 fully saturated rings. The van der Waals surface area contributed by atoms with Crippen LogP contribution in [-0.2, 0) is 4.79 Å². The van der Waals surface area contributed by atoms with Gasteiger partial charge in [-0.05, 0) is 43.5 Å². The van der Waals surface area contributed by atoms with Crippen molar-refractivity contribution in [2.75, 3.05) is 25.0 Å². The summed E-state index contributed by atoms with van der Waals surface area (Å²) in [5.74, 6) is -0.105. The number of nitrogens with zero attached hydrogens (tertiary/aromatic N) is 1. The number of hydrogen-bond donors (Lipinski definition) is 3. The number of nitrogens with one attached hydrogen (secondary N) is 2. The van der Waals surface area contributed by atoms with E-state index in [2.05, 4.69) is 10.6 Å². The molecule has 0 saturated carbocycles. The van der Waals surface area contributed by atoms with Gasteiger partial charge in [0.2, 0.25) is 5.91 Å². The third-order valence-electron chi connectivity index (χ3n) is 4.22. The molecule has 22 heavy (non-hydrogen) atoms. The van der Waals surface area contributed by atoms with Crippen molar-refractivity contribution in [2.24, 2.45) is 0 Å². The molecule has 0 aliphatic carbocycles. The summed E-state index contributed by atoms with van der Waals surface area (Å²) in [5, 5.41) is 15.2. The Morgan fingerprint density at radius 2 is 1.86 bits per heavy atom. The second kappa shape index (κ2) is 6.46. The molecule has 0 radical (unpaired) electrons. The molecular formula is C16H21N3O3. The number of anilines is 1. The van der Waals surface area contributed by atoms with E-state index in [1.54, 1.807) is 24.3 Å². The maximum Gasteiger partial charge on any atom is 0.253 e. The van der Waals surface area contributed by atoms with Crippen LogP contribution in [0.4, 0.5) is 5.69 Å². The van der Waals surface area contributed by atoms with Crippen molar-refractivity contribution < 1.29 is 14.7 Å². The maximum absolute atomic E-state index is 12.2. The van der Waals surface area contributed by atoms with Gasteiger partial charge in [-0.25, -0.2) is 0 Å². The highest BCUT2D eigenvalue weighted by molar-refractivity contribution is 5.97. The van der Waals surface area contributed by atoms with E-state index in [4.69, 9.17) is 0 Å². The molecule has 2 saturated heterocycles. The van der Waals surface area contributed by atoms with Crippen LogP contribution < -0.4 is 10.6 Å². The van der Waals surface area contributed by atoms with Crippen LogP contribution in [-0.4, -0.2) is 53.6 Å². The molecule has 6 nitrogen and oxygen atoms in total. The zero-order chi connectivity index (χ0) is 15.5. The van der Waals surface area contributed by atoms with Crippen molar-refractivity contribution in [3.8, 4) is 0 Å². The van der Waals surface area contributed by atoms with Gasteiger partial charge in [0.1, 0.15) is 0 Å². The summed E-state index contributed by atoms with van der Waals surface area (Å²) in [7, 11) is 0. The lowest BCUT2D eigenvalue weighted by Crippen LogP contribution is -2.35. The van der Waals surface area contributed by atoms with Gasteiger partial charge in [0.25, 0.3) is 5.91 Å². The molecule has 2 aliphatic heterocycles. The van der Waals surface area contributed by atoms with E-state index in [1.165, 1.54) is 0 Å². The molecule has 2 atom stereocenters. The van der Waals surface area contributed by atoms with Crippen LogP contribution in [0.25, 0.3) is 0 Å². The number of β-amino-alcohol motifs (C(OH)–C–C–N with tert-alkyl or cyclic N) is 1. The summed E-state index contributed by atoms with van der Waals surface area (Å²) < 4.78 is 0. The van der Waals surface area contributed by atoms with E-state index in [9.17, 15) is 14.7 Å². The van der Waals surface area contributed by atoms with Crippen LogP contribution in [0.2, 0.25) is 0 Å². The highest BCUT2D eigenvalue weighted by Crippen LogP contribution is 2.16. The largest absolute Gasteiger partial charge is 0.392 e. The van der Waals surface area contributed by atoms with Crippen LogP contribution >= 0.6 is 0 Å². The number of benzene rings is 1. The number of likely N-dealkylation sites (tertiary alicyclic amines) is 1. The fourth-order valence-electron chi connectivity index (χ4n) is 2.95. The first-order chi connectivity index (χ1) is 10.6. The van der Waals surface area contributed by atoms with Crippen molar-refractivity contribution in [3.05, 3.63) is 29.8 Å². The van der Waals surface area contributed by atoms with Gasteiger partial charge in [-0.15, -0.1) is 0 Å². The third kappa shape index (κ3) is 3.28. The molecule has 3 rings (SSSR count). The number of aliphatic hydroxyl groups excluding tert-OH is 1. The molecule has 118 valence electrons. The standard InChI is InChI=1S/C16H21N3O3/c20-13-9-14(17-10-13)15(21)18-12-5-3-11(4-6-12)16(22)19-7-1-2-8-19/h3-6,13-14,17,20H,1-2,7-10H2,(H,18,21). The summed E-state index contributed by atoms with van der Waals surface area (Å²) in [6, 6.07) is 6.61. The van der Waals surface area contributed by atoms with Crippen LogP contribution in [0.3, 0.4) is 0 Å². The average molecular weight is 303 g/mol. The fourth-order valence-corrected chi connectivity index (χ4v) is 2.95. The highest BCUT2D eigenvalue weighted by Gasteiger charge is 2.28. The molecule has 1 aromatic carbocycles. The summed E-state index contributed by atoms with van der Waals surface area (Å²) in [6.45, 7) is 2.10. The third-order valence-corrected chi connectivity index (χ3v) is 4.22. The monoisotopic (exact) mass is 303 g/mol. The molecule has 6 heteroatoms. The molecule has 2 unspecified atom stereocenters. The number of hydrogen-bond acceptors (Lipinski definition) is 4. The number of carbonyl (C=O) groups excluding carboxylic acids is 2. The molecule has 1 aromatic rings. The summed E-state index contributed by atoms with van der Waals surface area (Å²) in [6.07, 6.45) is 2.11. The van der Waals surface area contributed by atoms with Crippen LogP contribution in [0.5, 0.6) is 0 Å². The molecule has 2 heterocycles. The minimum atomic E-state index is -0.462. The SMILES string of the molecule is O=C(Nc1ccc(C(=O)N2CCCC2)cc1)C1CC(O)CN1. The molecule has 3 N–H and O–H groups in total. The maximum atomic E-state index is 12.2. The van der Waals surface area contributed by atoms with Gasteiger partial charge >= 0.3 is 0 Å². The zero-order valence-corrected chi connectivity index (χ0v) is 12.4.